The lowest BCUT2D eigenvalue weighted by atomic mass is 10.2. The van der Waals surface area contributed by atoms with Crippen LogP contribution in [-0.4, -0.2) is 20.6 Å². The lowest BCUT2D eigenvalue weighted by Crippen LogP contribution is -2.23. The van der Waals surface area contributed by atoms with Gasteiger partial charge < -0.3 is 10.4 Å². The first kappa shape index (κ1) is 15.2. The zero-order valence-corrected chi connectivity index (χ0v) is 13.1. The van der Waals surface area contributed by atoms with E-state index in [1.165, 1.54) is 24.7 Å². The second-order valence-corrected chi connectivity index (χ2v) is 5.89. The Morgan fingerprint density at radius 3 is 2.83 bits per heavy atom. The lowest BCUT2D eigenvalue weighted by molar-refractivity contribution is 0.0699. The fourth-order valence-electron chi connectivity index (χ4n) is 2.31. The van der Waals surface area contributed by atoms with Crippen molar-refractivity contribution in [3.05, 3.63) is 51.0 Å². The normalized spacial score (nSPS) is 10.9. The molecule has 0 fully saturated rings. The van der Waals surface area contributed by atoms with E-state index < -0.39 is 11.8 Å². The largest absolute Gasteiger partial charge is 0.477 e. The van der Waals surface area contributed by atoms with Crippen LogP contribution in [0.1, 0.15) is 15.9 Å². The Labute approximate surface area is 133 Å². The topological polar surface area (TPSA) is 84.2 Å². The van der Waals surface area contributed by atoms with E-state index in [-0.39, 0.29) is 32.8 Å². The monoisotopic (exact) mass is 333 g/mol. The van der Waals surface area contributed by atoms with Crippen molar-refractivity contribution in [2.75, 3.05) is 5.32 Å². The van der Waals surface area contributed by atoms with Crippen molar-refractivity contribution in [3.63, 3.8) is 0 Å². The minimum atomic E-state index is -1.24. The molecule has 0 amide bonds. The zero-order valence-electron chi connectivity index (χ0n) is 12.3. The zero-order chi connectivity index (χ0) is 16.7. The Morgan fingerprint density at radius 2 is 2.17 bits per heavy atom. The van der Waals surface area contributed by atoms with E-state index in [9.17, 15) is 19.1 Å². The highest BCUT2D eigenvalue weighted by Crippen LogP contribution is 2.28. The van der Waals surface area contributed by atoms with Crippen molar-refractivity contribution in [1.82, 2.24) is 9.55 Å². The third kappa shape index (κ3) is 2.46. The molecule has 8 heteroatoms. The first-order valence-electron chi connectivity index (χ1n) is 6.62. The van der Waals surface area contributed by atoms with Crippen molar-refractivity contribution in [2.45, 2.75) is 6.92 Å². The van der Waals surface area contributed by atoms with Gasteiger partial charge in [0.2, 0.25) is 0 Å². The van der Waals surface area contributed by atoms with Crippen molar-refractivity contribution < 1.29 is 14.3 Å². The summed E-state index contributed by atoms with van der Waals surface area (Å²) in [4.78, 5) is 27.9. The number of rotatable bonds is 3. The number of aromatic nitrogens is 2. The van der Waals surface area contributed by atoms with E-state index in [2.05, 4.69) is 10.3 Å². The van der Waals surface area contributed by atoms with Crippen LogP contribution in [0.15, 0.2) is 28.5 Å². The molecular formula is C15H12FN3O3S. The fraction of sp³-hybridized carbons (Fsp3) is 0.133. The third-order valence-corrected chi connectivity index (χ3v) is 4.28. The van der Waals surface area contributed by atoms with Gasteiger partial charge in [0.1, 0.15) is 27.4 Å². The van der Waals surface area contributed by atoms with Gasteiger partial charge in [-0.25, -0.2) is 14.2 Å². The van der Waals surface area contributed by atoms with Crippen LogP contribution in [-0.2, 0) is 7.05 Å². The molecule has 23 heavy (non-hydrogen) atoms. The summed E-state index contributed by atoms with van der Waals surface area (Å²) in [6, 6.07) is 4.50. The van der Waals surface area contributed by atoms with Gasteiger partial charge in [-0.05, 0) is 24.6 Å². The van der Waals surface area contributed by atoms with Crippen LogP contribution >= 0.6 is 11.3 Å². The molecule has 0 spiro atoms. The molecular weight excluding hydrogens is 321 g/mol. The number of hydrogen-bond acceptors (Lipinski definition) is 5. The molecule has 0 unspecified atom stereocenters. The maximum Gasteiger partial charge on any atom is 0.341 e. The molecule has 0 bridgehead atoms. The van der Waals surface area contributed by atoms with E-state index in [0.29, 0.717) is 0 Å². The number of aryl methyl sites for hydroxylation is 1. The highest BCUT2D eigenvalue weighted by Gasteiger charge is 2.23. The predicted molar refractivity (Wildman–Crippen MR) is 86.2 cm³/mol. The number of anilines is 2. The molecule has 0 saturated carbocycles. The Morgan fingerprint density at radius 1 is 1.43 bits per heavy atom. The van der Waals surface area contributed by atoms with Crippen LogP contribution < -0.4 is 10.9 Å². The first-order chi connectivity index (χ1) is 10.9. The lowest BCUT2D eigenvalue weighted by Gasteiger charge is -2.15. The van der Waals surface area contributed by atoms with Gasteiger partial charge in [-0.3, -0.25) is 9.36 Å². The predicted octanol–water partition coefficient (Wildman–Crippen LogP) is 2.88. The second kappa shape index (κ2) is 5.47. The summed E-state index contributed by atoms with van der Waals surface area (Å²) in [5.41, 5.74) is 1.78. The number of hydrogen-bond donors (Lipinski definition) is 2. The van der Waals surface area contributed by atoms with Gasteiger partial charge in [0.25, 0.3) is 5.56 Å². The number of nitrogens with zero attached hydrogens (tertiary/aromatic N) is 2. The van der Waals surface area contributed by atoms with Crippen LogP contribution in [0.25, 0.3) is 10.2 Å². The van der Waals surface area contributed by atoms with Gasteiger partial charge in [0.05, 0.1) is 11.2 Å². The number of aromatic carboxylic acids is 1. The Hall–Kier alpha value is -2.74. The molecule has 2 N–H and O–H groups in total. The Kier molecular flexibility index (Phi) is 3.61. The standard InChI is InChI=1S/C15H12FN3O3S/c1-7-3-4-9(8(16)5-7)18-13-10(15(21)22)11-12(23-6-17-11)14(20)19(13)2/h3-6,18H,1-2H3,(H,21,22). The number of carbonyl (C=O) groups is 1. The van der Waals surface area contributed by atoms with Crippen molar-refractivity contribution in [2.24, 2.45) is 7.05 Å². The Balaban J connectivity index is 2.27. The number of benzene rings is 1. The average Bonchev–Trinajstić information content (AvgIpc) is 2.96. The minimum absolute atomic E-state index is 0.0105. The van der Waals surface area contributed by atoms with Gasteiger partial charge in [-0.1, -0.05) is 6.07 Å². The molecule has 0 atom stereocenters. The van der Waals surface area contributed by atoms with Gasteiger partial charge in [-0.2, -0.15) is 0 Å². The molecule has 1 aromatic carbocycles. The molecule has 0 saturated heterocycles. The van der Waals surface area contributed by atoms with Crippen LogP contribution in [0.4, 0.5) is 15.9 Å². The number of carboxylic acid groups (broad SMARTS) is 1. The molecule has 3 rings (SSSR count). The Bertz CT molecular complexity index is 994. The molecule has 2 heterocycles. The SMILES string of the molecule is Cc1ccc(Nc2c(C(=O)O)c3ncsc3c(=O)n2C)c(F)c1. The molecule has 0 radical (unpaired) electrons. The molecule has 3 aromatic rings. The first-order valence-corrected chi connectivity index (χ1v) is 7.50. The number of nitrogens with one attached hydrogen (secondary N) is 1. The van der Waals surface area contributed by atoms with Crippen LogP contribution in [0.5, 0.6) is 0 Å². The quantitative estimate of drug-likeness (QED) is 0.770. The highest BCUT2D eigenvalue weighted by atomic mass is 32.1. The third-order valence-electron chi connectivity index (χ3n) is 3.47. The summed E-state index contributed by atoms with van der Waals surface area (Å²) in [5.74, 6) is -1.79. The summed E-state index contributed by atoms with van der Waals surface area (Å²) in [7, 11) is 1.43. The number of thiazole rings is 1. The van der Waals surface area contributed by atoms with Crippen LogP contribution in [0.3, 0.4) is 0 Å². The van der Waals surface area contributed by atoms with Gasteiger partial charge in [0, 0.05) is 7.05 Å². The number of halogens is 1. The highest BCUT2D eigenvalue weighted by molar-refractivity contribution is 7.16. The van der Waals surface area contributed by atoms with Gasteiger partial charge in [-0.15, -0.1) is 11.3 Å². The second-order valence-electron chi connectivity index (χ2n) is 5.03. The molecule has 0 aliphatic carbocycles. The number of pyridine rings is 1. The molecule has 2 aromatic heterocycles. The van der Waals surface area contributed by atoms with E-state index in [0.717, 1.165) is 21.5 Å². The van der Waals surface area contributed by atoms with Crippen molar-refractivity contribution in [3.8, 4) is 0 Å². The van der Waals surface area contributed by atoms with E-state index in [1.807, 2.05) is 0 Å². The molecule has 118 valence electrons. The van der Waals surface area contributed by atoms with Crippen molar-refractivity contribution in [1.29, 1.82) is 0 Å². The maximum atomic E-state index is 14.0. The summed E-state index contributed by atoms with van der Waals surface area (Å²) < 4.78 is 15.5. The average molecular weight is 333 g/mol. The van der Waals surface area contributed by atoms with Crippen molar-refractivity contribution >= 4 is 39.0 Å². The molecule has 0 aliphatic heterocycles. The summed E-state index contributed by atoms with van der Waals surface area (Å²) >= 11 is 1.07. The molecule has 6 nitrogen and oxygen atoms in total. The number of fused-ring (bicyclic) bond motifs is 1. The van der Waals surface area contributed by atoms with Crippen LogP contribution in [0, 0.1) is 12.7 Å². The maximum absolute atomic E-state index is 14.0. The fourth-order valence-corrected chi connectivity index (χ4v) is 3.08. The summed E-state index contributed by atoms with van der Waals surface area (Å²) in [6.07, 6.45) is 0. The van der Waals surface area contributed by atoms with E-state index in [4.69, 9.17) is 0 Å². The summed E-state index contributed by atoms with van der Waals surface area (Å²) in [6.45, 7) is 1.74. The smallest absolute Gasteiger partial charge is 0.341 e. The molecule has 0 aliphatic rings. The number of carboxylic acids is 1. The van der Waals surface area contributed by atoms with E-state index in [1.54, 1.807) is 13.0 Å². The summed E-state index contributed by atoms with van der Waals surface area (Å²) in [5, 5.41) is 12.2. The van der Waals surface area contributed by atoms with E-state index >= 15 is 0 Å². The van der Waals surface area contributed by atoms with Crippen LogP contribution in [0.2, 0.25) is 0 Å². The minimum Gasteiger partial charge on any atom is -0.477 e. The van der Waals surface area contributed by atoms with Gasteiger partial charge in [0.15, 0.2) is 0 Å². The van der Waals surface area contributed by atoms with Gasteiger partial charge >= 0.3 is 5.97 Å².